The van der Waals surface area contributed by atoms with E-state index in [-0.39, 0.29) is 11.3 Å². The molecule has 0 amide bonds. The molecule has 6 heteroatoms. The lowest BCUT2D eigenvalue weighted by atomic mass is 10.1. The van der Waals surface area contributed by atoms with Crippen LogP contribution in [0.25, 0.3) is 0 Å². The first kappa shape index (κ1) is 15.1. The van der Waals surface area contributed by atoms with Gasteiger partial charge in [-0.3, -0.25) is 5.43 Å². The quantitative estimate of drug-likeness (QED) is 0.581. The number of aromatic hydroxyl groups is 1. The van der Waals surface area contributed by atoms with Gasteiger partial charge in [-0.2, -0.15) is 5.10 Å². The van der Waals surface area contributed by atoms with E-state index in [0.29, 0.717) is 17.0 Å². The van der Waals surface area contributed by atoms with Crippen LogP contribution in [0.15, 0.2) is 52.0 Å². The Bertz CT molecular complexity index is 714. The highest BCUT2D eigenvalue weighted by Crippen LogP contribution is 2.22. The predicted octanol–water partition coefficient (Wildman–Crippen LogP) is 3.69. The van der Waals surface area contributed by atoms with E-state index in [2.05, 4.69) is 26.5 Å². The van der Waals surface area contributed by atoms with Crippen molar-refractivity contribution >= 4 is 33.3 Å². The molecule has 0 heterocycles. The Labute approximate surface area is 130 Å². The van der Waals surface area contributed by atoms with Gasteiger partial charge in [0.05, 0.1) is 17.0 Å². The molecule has 2 aromatic rings. The van der Waals surface area contributed by atoms with Crippen LogP contribution in [0.2, 0.25) is 0 Å². The van der Waals surface area contributed by atoms with Crippen LogP contribution in [0.3, 0.4) is 0 Å². The van der Waals surface area contributed by atoms with E-state index in [1.165, 1.54) is 12.1 Å². The number of carboxylic acid groups (broad SMARTS) is 1. The summed E-state index contributed by atoms with van der Waals surface area (Å²) < 4.78 is 0.831. The number of hydrazone groups is 1. The number of rotatable bonds is 4. The van der Waals surface area contributed by atoms with Crippen molar-refractivity contribution in [3.63, 3.8) is 0 Å². The van der Waals surface area contributed by atoms with Crippen LogP contribution < -0.4 is 5.43 Å². The van der Waals surface area contributed by atoms with Crippen LogP contribution in [0.5, 0.6) is 5.75 Å². The largest absolute Gasteiger partial charge is 0.507 e. The summed E-state index contributed by atoms with van der Waals surface area (Å²) in [5.41, 5.74) is 4.69. The van der Waals surface area contributed by atoms with Gasteiger partial charge >= 0.3 is 5.97 Å². The van der Waals surface area contributed by atoms with E-state index in [0.717, 1.165) is 4.47 Å². The number of nitrogens with one attached hydrogen (secondary N) is 1. The zero-order valence-corrected chi connectivity index (χ0v) is 12.8. The topological polar surface area (TPSA) is 81.9 Å². The van der Waals surface area contributed by atoms with E-state index >= 15 is 0 Å². The van der Waals surface area contributed by atoms with Gasteiger partial charge in [0, 0.05) is 10.0 Å². The van der Waals surface area contributed by atoms with E-state index in [9.17, 15) is 9.90 Å². The van der Waals surface area contributed by atoms with Gasteiger partial charge < -0.3 is 10.2 Å². The van der Waals surface area contributed by atoms with Crippen molar-refractivity contribution < 1.29 is 15.0 Å². The van der Waals surface area contributed by atoms with Crippen molar-refractivity contribution in [2.75, 3.05) is 5.43 Å². The molecule has 0 saturated heterocycles. The Kier molecular flexibility index (Phi) is 4.59. The maximum atomic E-state index is 10.9. The number of carboxylic acids is 1. The summed E-state index contributed by atoms with van der Waals surface area (Å²) in [6, 6.07) is 11.4. The molecule has 2 aromatic carbocycles. The van der Waals surface area contributed by atoms with Crippen LogP contribution in [-0.2, 0) is 0 Å². The third-order valence-electron chi connectivity index (χ3n) is 2.81. The molecule has 108 valence electrons. The molecular formula is C15H13BrN2O3. The number of carbonyl (C=O) groups is 1. The minimum Gasteiger partial charge on any atom is -0.507 e. The molecule has 0 aliphatic rings. The highest BCUT2D eigenvalue weighted by molar-refractivity contribution is 9.10. The number of benzene rings is 2. The van der Waals surface area contributed by atoms with Crippen molar-refractivity contribution in [1.29, 1.82) is 0 Å². The fraction of sp³-hybridized carbons (Fsp3) is 0.0667. The van der Waals surface area contributed by atoms with Gasteiger partial charge in [-0.05, 0) is 43.3 Å². The zero-order chi connectivity index (χ0) is 15.4. The molecule has 0 atom stereocenters. The normalized spacial score (nSPS) is 11.2. The van der Waals surface area contributed by atoms with Gasteiger partial charge in [-0.1, -0.05) is 22.0 Å². The fourth-order valence-corrected chi connectivity index (χ4v) is 2.09. The lowest BCUT2D eigenvalue weighted by Crippen LogP contribution is -2.01. The number of aromatic carboxylic acids is 1. The third kappa shape index (κ3) is 3.82. The fourth-order valence-electron chi connectivity index (χ4n) is 1.73. The van der Waals surface area contributed by atoms with Crippen molar-refractivity contribution in [1.82, 2.24) is 0 Å². The first-order chi connectivity index (χ1) is 9.97. The molecule has 0 aliphatic carbocycles. The molecule has 0 fully saturated rings. The van der Waals surface area contributed by atoms with Gasteiger partial charge in [0.1, 0.15) is 5.75 Å². The lowest BCUT2D eigenvalue weighted by Gasteiger charge is -2.06. The Hall–Kier alpha value is -2.34. The number of halogens is 1. The highest BCUT2D eigenvalue weighted by Gasteiger charge is 2.06. The molecule has 0 aliphatic heterocycles. The molecule has 0 unspecified atom stereocenters. The highest BCUT2D eigenvalue weighted by atomic mass is 79.9. The summed E-state index contributed by atoms with van der Waals surface area (Å²) in [5, 5.41) is 22.9. The number of anilines is 1. The standard InChI is InChI=1S/C15H13BrN2O3/c1-9(13-8-11(16)5-6-14(13)19)17-18-12-4-2-3-10(7-12)15(20)21/h2-8,18-19H,1H3,(H,20,21). The van der Waals surface area contributed by atoms with E-state index in [4.69, 9.17) is 5.11 Å². The minimum absolute atomic E-state index is 0.125. The third-order valence-corrected chi connectivity index (χ3v) is 3.30. The van der Waals surface area contributed by atoms with Crippen LogP contribution >= 0.6 is 15.9 Å². The average Bonchev–Trinajstić information content (AvgIpc) is 2.47. The van der Waals surface area contributed by atoms with E-state index in [1.54, 1.807) is 37.3 Å². The first-order valence-corrected chi connectivity index (χ1v) is 6.89. The molecule has 5 nitrogen and oxygen atoms in total. The first-order valence-electron chi connectivity index (χ1n) is 6.10. The van der Waals surface area contributed by atoms with E-state index < -0.39 is 5.97 Å². The summed E-state index contributed by atoms with van der Waals surface area (Å²) in [4.78, 5) is 10.9. The smallest absolute Gasteiger partial charge is 0.335 e. The molecular weight excluding hydrogens is 336 g/mol. The number of phenolic OH excluding ortho intramolecular Hbond substituents is 1. The van der Waals surface area contributed by atoms with Crippen molar-refractivity contribution in [2.45, 2.75) is 6.92 Å². The minimum atomic E-state index is -0.996. The number of nitrogens with zero attached hydrogens (tertiary/aromatic N) is 1. The van der Waals surface area contributed by atoms with Crippen LogP contribution in [0.4, 0.5) is 5.69 Å². The van der Waals surface area contributed by atoms with E-state index in [1.807, 2.05) is 0 Å². The average molecular weight is 349 g/mol. The number of phenols is 1. The Balaban J connectivity index is 2.22. The summed E-state index contributed by atoms with van der Waals surface area (Å²) in [5.74, 6) is -0.871. The summed E-state index contributed by atoms with van der Waals surface area (Å²) >= 11 is 3.33. The van der Waals surface area contributed by atoms with Crippen LogP contribution in [-0.4, -0.2) is 21.9 Å². The van der Waals surface area contributed by atoms with Crippen molar-refractivity contribution in [3.05, 3.63) is 58.1 Å². The molecule has 0 spiro atoms. The van der Waals surface area contributed by atoms with Gasteiger partial charge in [-0.25, -0.2) is 4.79 Å². The lowest BCUT2D eigenvalue weighted by molar-refractivity contribution is 0.0697. The second-order valence-electron chi connectivity index (χ2n) is 4.36. The Morgan fingerprint density at radius 3 is 2.71 bits per heavy atom. The molecule has 0 aromatic heterocycles. The maximum Gasteiger partial charge on any atom is 0.335 e. The molecule has 0 saturated carbocycles. The summed E-state index contributed by atoms with van der Waals surface area (Å²) in [6.07, 6.45) is 0. The number of hydrogen-bond acceptors (Lipinski definition) is 4. The monoisotopic (exact) mass is 348 g/mol. The second-order valence-corrected chi connectivity index (χ2v) is 5.27. The second kappa shape index (κ2) is 6.41. The molecule has 0 radical (unpaired) electrons. The summed E-state index contributed by atoms with van der Waals surface area (Å²) in [7, 11) is 0. The SMILES string of the molecule is CC(=NNc1cccc(C(=O)O)c1)c1cc(Br)ccc1O. The van der Waals surface area contributed by atoms with Crippen molar-refractivity contribution in [2.24, 2.45) is 5.10 Å². The maximum absolute atomic E-state index is 10.9. The van der Waals surface area contributed by atoms with Gasteiger partial charge in [0.15, 0.2) is 0 Å². The molecule has 21 heavy (non-hydrogen) atoms. The molecule has 3 N–H and O–H groups in total. The predicted molar refractivity (Wildman–Crippen MR) is 85.0 cm³/mol. The van der Waals surface area contributed by atoms with Crippen LogP contribution in [0.1, 0.15) is 22.8 Å². The Morgan fingerprint density at radius 1 is 1.24 bits per heavy atom. The molecule has 0 bridgehead atoms. The Morgan fingerprint density at radius 2 is 2.00 bits per heavy atom. The van der Waals surface area contributed by atoms with Crippen LogP contribution in [0, 0.1) is 0 Å². The molecule has 2 rings (SSSR count). The summed E-state index contributed by atoms with van der Waals surface area (Å²) in [6.45, 7) is 1.75. The van der Waals surface area contributed by atoms with Gasteiger partial charge in [0.25, 0.3) is 0 Å². The van der Waals surface area contributed by atoms with Crippen molar-refractivity contribution in [3.8, 4) is 5.75 Å². The van der Waals surface area contributed by atoms with Gasteiger partial charge in [0.2, 0.25) is 0 Å². The van der Waals surface area contributed by atoms with Gasteiger partial charge in [-0.15, -0.1) is 0 Å². The number of hydrogen-bond donors (Lipinski definition) is 3. The zero-order valence-electron chi connectivity index (χ0n) is 11.2.